The minimum absolute atomic E-state index is 0.0414. The molecule has 0 aliphatic carbocycles. The quantitative estimate of drug-likeness (QED) is 0.214. The van der Waals surface area contributed by atoms with Crippen molar-refractivity contribution in [1.29, 1.82) is 0 Å². The van der Waals surface area contributed by atoms with Crippen molar-refractivity contribution in [2.75, 3.05) is 13.1 Å². The first kappa shape index (κ1) is 32.8. The second kappa shape index (κ2) is 18.1. The Balaban J connectivity index is 4.45. The predicted molar refractivity (Wildman–Crippen MR) is 134 cm³/mol. The van der Waals surface area contributed by atoms with Crippen molar-refractivity contribution in [2.24, 2.45) is 23.7 Å². The zero-order chi connectivity index (χ0) is 27.0. The number of hydrogen-bond acceptors (Lipinski definition) is 6. The lowest BCUT2D eigenvalue weighted by atomic mass is 10.1. The maximum absolute atomic E-state index is 12.3. The van der Waals surface area contributed by atoms with E-state index in [2.05, 4.69) is 21.6 Å². The average molecular weight is 501 g/mol. The van der Waals surface area contributed by atoms with Gasteiger partial charge in [0.15, 0.2) is 12.2 Å². The molecule has 0 unspecified atom stereocenters. The van der Waals surface area contributed by atoms with Crippen LogP contribution in [0.15, 0.2) is 0 Å². The number of amides is 4. The molecule has 10 nitrogen and oxygen atoms in total. The van der Waals surface area contributed by atoms with E-state index < -0.39 is 24.0 Å². The molecular weight excluding hydrogens is 452 g/mol. The highest BCUT2D eigenvalue weighted by Crippen LogP contribution is 2.10. The van der Waals surface area contributed by atoms with Gasteiger partial charge in [0.05, 0.1) is 0 Å². The molecule has 0 aromatic heterocycles. The zero-order valence-corrected chi connectivity index (χ0v) is 22.9. The second-order valence-corrected chi connectivity index (χ2v) is 10.7. The highest BCUT2D eigenvalue weighted by molar-refractivity contribution is 5.82. The normalized spacial score (nSPS) is 13.1. The standard InChI is InChI=1S/C25H48N4O6/c1-16(2)12-20(24(32)26-14-18(5)6)34-28-22(30)10-9-11-23(31)29-35-21(13-17(3)4)25(33)27-15-19(7)8/h16-21H,9-15H2,1-8H3,(H,26,32)(H,27,33)(H,28,30)(H,29,31)/t20-,21-/m1/s1. The SMILES string of the molecule is CC(C)CNC(=O)[C@@H](CC(C)C)ONC(=O)CCCC(=O)NO[C@H](CC(C)C)C(=O)NCC(C)C. The van der Waals surface area contributed by atoms with E-state index in [1.807, 2.05) is 55.4 Å². The number of hydrogen-bond donors (Lipinski definition) is 4. The van der Waals surface area contributed by atoms with Crippen LogP contribution in [0.1, 0.15) is 87.5 Å². The van der Waals surface area contributed by atoms with Crippen molar-refractivity contribution in [3.63, 3.8) is 0 Å². The third kappa shape index (κ3) is 17.8. The fourth-order valence-corrected chi connectivity index (χ4v) is 2.90. The van der Waals surface area contributed by atoms with Gasteiger partial charge < -0.3 is 10.6 Å². The second-order valence-electron chi connectivity index (χ2n) is 10.7. The van der Waals surface area contributed by atoms with Crippen molar-refractivity contribution < 1.29 is 28.9 Å². The maximum Gasteiger partial charge on any atom is 0.251 e. The Morgan fingerprint density at radius 2 is 0.914 bits per heavy atom. The Bertz CT molecular complexity index is 598. The van der Waals surface area contributed by atoms with Crippen LogP contribution < -0.4 is 21.6 Å². The van der Waals surface area contributed by atoms with Crippen LogP contribution in [0.2, 0.25) is 0 Å². The summed E-state index contributed by atoms with van der Waals surface area (Å²) in [7, 11) is 0. The van der Waals surface area contributed by atoms with Crippen molar-refractivity contribution in [2.45, 2.75) is 99.7 Å². The highest BCUT2D eigenvalue weighted by Gasteiger charge is 2.23. The molecule has 35 heavy (non-hydrogen) atoms. The van der Waals surface area contributed by atoms with Gasteiger partial charge in [-0.3, -0.25) is 28.9 Å². The molecule has 0 aliphatic heterocycles. The first-order chi connectivity index (χ1) is 16.3. The lowest BCUT2D eigenvalue weighted by Gasteiger charge is -2.20. The summed E-state index contributed by atoms with van der Waals surface area (Å²) >= 11 is 0. The van der Waals surface area contributed by atoms with Gasteiger partial charge in [-0.15, -0.1) is 0 Å². The minimum Gasteiger partial charge on any atom is -0.354 e. The van der Waals surface area contributed by atoms with Crippen molar-refractivity contribution in [3.05, 3.63) is 0 Å². The lowest BCUT2D eigenvalue weighted by molar-refractivity contribution is -0.150. The molecule has 4 N–H and O–H groups in total. The van der Waals surface area contributed by atoms with Gasteiger partial charge in [-0.25, -0.2) is 11.0 Å². The molecule has 204 valence electrons. The highest BCUT2D eigenvalue weighted by atomic mass is 16.7. The van der Waals surface area contributed by atoms with E-state index in [0.29, 0.717) is 37.8 Å². The molecule has 0 bridgehead atoms. The largest absolute Gasteiger partial charge is 0.354 e. The van der Waals surface area contributed by atoms with Crippen LogP contribution in [-0.2, 0) is 28.9 Å². The average Bonchev–Trinajstić information content (AvgIpc) is 2.75. The van der Waals surface area contributed by atoms with Gasteiger partial charge >= 0.3 is 0 Å². The molecule has 0 spiro atoms. The van der Waals surface area contributed by atoms with Crippen LogP contribution in [0.3, 0.4) is 0 Å². The Hall–Kier alpha value is -2.20. The van der Waals surface area contributed by atoms with Gasteiger partial charge in [-0.2, -0.15) is 0 Å². The molecule has 0 saturated heterocycles. The van der Waals surface area contributed by atoms with Gasteiger partial charge in [0.25, 0.3) is 11.8 Å². The molecule has 0 aromatic rings. The van der Waals surface area contributed by atoms with E-state index in [1.165, 1.54) is 0 Å². The molecule has 0 aliphatic rings. The summed E-state index contributed by atoms with van der Waals surface area (Å²) in [5.41, 5.74) is 4.65. The van der Waals surface area contributed by atoms with E-state index >= 15 is 0 Å². The Kier molecular flexibility index (Phi) is 17.0. The summed E-state index contributed by atoms with van der Waals surface area (Å²) in [6.45, 7) is 16.9. The monoisotopic (exact) mass is 500 g/mol. The van der Waals surface area contributed by atoms with E-state index in [1.54, 1.807) is 0 Å². The molecule has 0 fully saturated rings. The minimum atomic E-state index is -0.783. The summed E-state index contributed by atoms with van der Waals surface area (Å²) in [6, 6.07) is 0. The zero-order valence-electron chi connectivity index (χ0n) is 22.9. The molecule has 10 heteroatoms. The van der Waals surface area contributed by atoms with Crippen LogP contribution in [-0.4, -0.2) is 48.9 Å². The van der Waals surface area contributed by atoms with Gasteiger partial charge in [0.2, 0.25) is 11.8 Å². The summed E-state index contributed by atoms with van der Waals surface area (Å²) in [4.78, 5) is 59.6. The molecule has 4 amide bonds. The number of nitrogens with one attached hydrogen (secondary N) is 4. The van der Waals surface area contributed by atoms with Crippen LogP contribution >= 0.6 is 0 Å². The molecule has 0 aromatic carbocycles. The lowest BCUT2D eigenvalue weighted by Crippen LogP contribution is -2.43. The first-order valence-electron chi connectivity index (χ1n) is 12.8. The number of carbonyl (C=O) groups excluding carboxylic acids is 4. The first-order valence-corrected chi connectivity index (χ1v) is 12.8. The molecule has 0 heterocycles. The van der Waals surface area contributed by atoms with Gasteiger partial charge in [-0.05, 0) is 42.9 Å². The number of carbonyl (C=O) groups is 4. The molecule has 0 rings (SSSR count). The van der Waals surface area contributed by atoms with E-state index in [4.69, 9.17) is 9.68 Å². The van der Waals surface area contributed by atoms with Gasteiger partial charge in [0, 0.05) is 25.9 Å². The smallest absolute Gasteiger partial charge is 0.251 e. The molecule has 2 atom stereocenters. The Morgan fingerprint density at radius 3 is 1.20 bits per heavy atom. The predicted octanol–water partition coefficient (Wildman–Crippen LogP) is 2.63. The van der Waals surface area contributed by atoms with E-state index in [0.717, 1.165) is 0 Å². The van der Waals surface area contributed by atoms with Crippen LogP contribution in [0, 0.1) is 23.7 Å². The fraction of sp³-hybridized carbons (Fsp3) is 0.840. The van der Waals surface area contributed by atoms with Crippen LogP contribution in [0.25, 0.3) is 0 Å². The third-order valence-corrected chi connectivity index (χ3v) is 4.76. The Morgan fingerprint density at radius 1 is 0.571 bits per heavy atom. The van der Waals surface area contributed by atoms with Gasteiger partial charge in [0.1, 0.15) is 0 Å². The summed E-state index contributed by atoms with van der Waals surface area (Å²) in [6.07, 6.45) is -0.297. The van der Waals surface area contributed by atoms with E-state index in [9.17, 15) is 19.2 Å². The van der Waals surface area contributed by atoms with Crippen molar-refractivity contribution in [3.8, 4) is 0 Å². The summed E-state index contributed by atoms with van der Waals surface area (Å²) in [5, 5.41) is 5.63. The number of rotatable bonds is 18. The topological polar surface area (TPSA) is 135 Å². The molecular formula is C25H48N4O6. The maximum atomic E-state index is 12.3. The van der Waals surface area contributed by atoms with Crippen molar-refractivity contribution >= 4 is 23.6 Å². The number of hydroxylamine groups is 2. The van der Waals surface area contributed by atoms with E-state index in [-0.39, 0.29) is 42.9 Å². The Labute approximate surface area is 210 Å². The third-order valence-electron chi connectivity index (χ3n) is 4.76. The molecule has 0 radical (unpaired) electrons. The summed E-state index contributed by atoms with van der Waals surface area (Å²) in [5.74, 6) is -0.355. The van der Waals surface area contributed by atoms with Crippen LogP contribution in [0.5, 0.6) is 0 Å². The van der Waals surface area contributed by atoms with Crippen molar-refractivity contribution in [1.82, 2.24) is 21.6 Å². The van der Waals surface area contributed by atoms with Gasteiger partial charge in [-0.1, -0.05) is 55.4 Å². The van der Waals surface area contributed by atoms with Crippen LogP contribution in [0.4, 0.5) is 0 Å². The summed E-state index contributed by atoms with van der Waals surface area (Å²) < 4.78 is 0. The molecule has 0 saturated carbocycles. The fourth-order valence-electron chi connectivity index (χ4n) is 2.90.